The molecule has 1 spiro atoms. The number of ether oxygens (including phenoxy) is 2. The van der Waals surface area contributed by atoms with Gasteiger partial charge in [0.25, 0.3) is 5.91 Å². The van der Waals surface area contributed by atoms with Crippen LogP contribution < -0.4 is 15.4 Å². The second-order valence-electron chi connectivity index (χ2n) is 14.2. The molecule has 3 aliphatic heterocycles. The van der Waals surface area contributed by atoms with Crippen molar-refractivity contribution in [1.82, 2.24) is 20.1 Å². The van der Waals surface area contributed by atoms with Crippen molar-refractivity contribution in [3.8, 4) is 11.8 Å². The summed E-state index contributed by atoms with van der Waals surface area (Å²) in [4.78, 5) is 62.4. The molecule has 7 aliphatic rings. The Morgan fingerprint density at radius 3 is 2.64 bits per heavy atom. The van der Waals surface area contributed by atoms with Gasteiger partial charge in [-0.2, -0.15) is 5.26 Å². The van der Waals surface area contributed by atoms with Gasteiger partial charge in [-0.1, -0.05) is 0 Å². The maximum absolute atomic E-state index is 15.3. The molecule has 12 nitrogen and oxygen atoms in total. The van der Waals surface area contributed by atoms with Crippen molar-refractivity contribution < 1.29 is 33.0 Å². The van der Waals surface area contributed by atoms with E-state index >= 15 is 4.39 Å². The standard InChI is InChI=1S/C32H37FN6O6/c1-44-31(43)36-25(23(15-4-5-15)16-6-7-16)28(40)38-13-20-17-9-19(21(33)10-17)24(20)26(38)29(41)39-14-32(11-18(39)12-34)30(42)37-27-22(45-32)3-2-8-35-27/h2-3,8,15-21,23-26H,4-7,9-11,13-14H2,1H3,(H,36,43)(H,35,37,42). The van der Waals surface area contributed by atoms with Gasteiger partial charge in [0, 0.05) is 19.2 Å². The average molecular weight is 621 g/mol. The molecule has 238 valence electrons. The summed E-state index contributed by atoms with van der Waals surface area (Å²) < 4.78 is 26.4. The number of halogens is 1. The molecule has 6 fully saturated rings. The molecule has 8 rings (SSSR count). The van der Waals surface area contributed by atoms with Crippen LogP contribution in [0.25, 0.3) is 0 Å². The third-order valence-electron chi connectivity index (χ3n) is 11.7. The Bertz CT molecular complexity index is 1480. The number of carbonyl (C=O) groups excluding carboxylic acids is 4. The van der Waals surface area contributed by atoms with E-state index in [0.29, 0.717) is 37.0 Å². The Balaban J connectivity index is 1.13. The molecule has 2 N–H and O–H groups in total. The van der Waals surface area contributed by atoms with Gasteiger partial charge in [0.1, 0.15) is 24.3 Å². The predicted molar refractivity (Wildman–Crippen MR) is 154 cm³/mol. The number of methoxy groups -OCH3 is 1. The molecular weight excluding hydrogens is 583 g/mol. The van der Waals surface area contributed by atoms with Crippen LogP contribution in [0.2, 0.25) is 0 Å². The highest BCUT2D eigenvalue weighted by molar-refractivity contribution is 6.01. The largest absolute Gasteiger partial charge is 0.472 e. The number of rotatable bonds is 6. The van der Waals surface area contributed by atoms with E-state index in [4.69, 9.17) is 9.47 Å². The molecule has 1 aromatic heterocycles. The zero-order chi connectivity index (χ0) is 31.2. The number of nitrogens with one attached hydrogen (secondary N) is 2. The minimum absolute atomic E-state index is 0.0525. The number of fused-ring (bicyclic) bond motifs is 6. The second kappa shape index (κ2) is 10.3. The van der Waals surface area contributed by atoms with Crippen LogP contribution in [0, 0.1) is 52.8 Å². The molecule has 2 saturated heterocycles. The first-order chi connectivity index (χ1) is 21.7. The van der Waals surface area contributed by atoms with Crippen molar-refractivity contribution in [2.24, 2.45) is 41.4 Å². The normalized spacial score (nSPS) is 36.7. The van der Waals surface area contributed by atoms with Crippen LogP contribution >= 0.6 is 0 Å². The van der Waals surface area contributed by atoms with E-state index in [2.05, 4.69) is 21.7 Å². The first-order valence-electron chi connectivity index (χ1n) is 16.2. The lowest BCUT2D eigenvalue weighted by molar-refractivity contribution is -0.148. The zero-order valence-corrected chi connectivity index (χ0v) is 25.1. The van der Waals surface area contributed by atoms with Crippen molar-refractivity contribution >= 4 is 29.6 Å². The van der Waals surface area contributed by atoms with Crippen LogP contribution in [0.4, 0.5) is 15.0 Å². The highest BCUT2D eigenvalue weighted by Crippen LogP contribution is 2.59. The van der Waals surface area contributed by atoms with Gasteiger partial charge in [0.15, 0.2) is 11.6 Å². The van der Waals surface area contributed by atoms with Crippen LogP contribution in [-0.4, -0.2) is 88.7 Å². The first-order valence-corrected chi connectivity index (χ1v) is 16.2. The third kappa shape index (κ3) is 4.46. The maximum atomic E-state index is 15.3. The summed E-state index contributed by atoms with van der Waals surface area (Å²) in [6, 6.07) is 2.65. The fourth-order valence-corrected chi connectivity index (χ4v) is 9.50. The number of pyridine rings is 1. The monoisotopic (exact) mass is 620 g/mol. The number of anilines is 1. The van der Waals surface area contributed by atoms with Gasteiger partial charge in [0.05, 0.1) is 19.7 Å². The van der Waals surface area contributed by atoms with E-state index in [9.17, 15) is 24.4 Å². The predicted octanol–water partition coefficient (Wildman–Crippen LogP) is 2.26. The Labute approximate surface area is 260 Å². The van der Waals surface area contributed by atoms with Crippen LogP contribution in [-0.2, 0) is 19.1 Å². The molecular formula is C32H37FN6O6. The molecule has 0 radical (unpaired) electrons. The maximum Gasteiger partial charge on any atom is 0.407 e. The summed E-state index contributed by atoms with van der Waals surface area (Å²) in [6.07, 6.45) is 4.71. The van der Waals surface area contributed by atoms with Gasteiger partial charge >= 0.3 is 6.09 Å². The van der Waals surface area contributed by atoms with Gasteiger partial charge in [-0.3, -0.25) is 14.4 Å². The number of amides is 4. The number of alkyl carbamates (subject to hydrolysis) is 1. The summed E-state index contributed by atoms with van der Waals surface area (Å²) in [7, 11) is 1.26. The lowest BCUT2D eigenvalue weighted by atomic mass is 9.77. The van der Waals surface area contributed by atoms with Crippen molar-refractivity contribution in [3.63, 3.8) is 0 Å². The van der Waals surface area contributed by atoms with Gasteiger partial charge < -0.3 is 29.9 Å². The highest BCUT2D eigenvalue weighted by atomic mass is 19.1. The molecule has 2 bridgehead atoms. The Morgan fingerprint density at radius 1 is 1.20 bits per heavy atom. The summed E-state index contributed by atoms with van der Waals surface area (Å²) >= 11 is 0. The molecule has 0 aromatic carbocycles. The van der Waals surface area contributed by atoms with E-state index in [1.807, 2.05) is 0 Å². The van der Waals surface area contributed by atoms with E-state index in [1.165, 1.54) is 18.2 Å². The van der Waals surface area contributed by atoms with Gasteiger partial charge in [-0.05, 0) is 92.1 Å². The lowest BCUT2D eigenvalue weighted by Crippen LogP contribution is -2.59. The topological polar surface area (TPSA) is 154 Å². The number of nitriles is 1. The number of aromatic nitrogens is 1. The lowest BCUT2D eigenvalue weighted by Gasteiger charge is -2.38. The molecule has 13 heteroatoms. The van der Waals surface area contributed by atoms with E-state index in [0.717, 1.165) is 25.7 Å². The Hall–Kier alpha value is -3.95. The van der Waals surface area contributed by atoms with Gasteiger partial charge in [-0.15, -0.1) is 0 Å². The number of likely N-dealkylation sites (tertiary alicyclic amines) is 2. The van der Waals surface area contributed by atoms with Crippen LogP contribution in [0.1, 0.15) is 44.9 Å². The summed E-state index contributed by atoms with van der Waals surface area (Å²) in [5.41, 5.74) is -1.51. The number of nitrogens with zero attached hydrogens (tertiary/aromatic N) is 4. The molecule has 9 atom stereocenters. The molecule has 45 heavy (non-hydrogen) atoms. The minimum atomic E-state index is -1.51. The Morgan fingerprint density at radius 2 is 1.96 bits per heavy atom. The van der Waals surface area contributed by atoms with Crippen LogP contribution in [0.15, 0.2) is 18.3 Å². The first kappa shape index (κ1) is 28.5. The molecule has 4 amide bonds. The summed E-state index contributed by atoms with van der Waals surface area (Å²) in [5, 5.41) is 15.8. The minimum Gasteiger partial charge on any atom is -0.472 e. The number of hydrogen-bond acceptors (Lipinski definition) is 8. The van der Waals surface area contributed by atoms with Gasteiger partial charge in [-0.25, -0.2) is 14.2 Å². The highest BCUT2D eigenvalue weighted by Gasteiger charge is 2.66. The van der Waals surface area contributed by atoms with E-state index in [-0.39, 0.29) is 48.4 Å². The van der Waals surface area contributed by atoms with Gasteiger partial charge in [0.2, 0.25) is 17.4 Å². The SMILES string of the molecule is COC(=O)NC(C(=O)N1CC2C3CC(F)C(C3)C2C1C(=O)N1CC2(CC1C#N)Oc1cccnc1NC2=O)C(C1CC1)C1CC1. The second-order valence-corrected chi connectivity index (χ2v) is 14.2. The van der Waals surface area contributed by atoms with E-state index in [1.54, 1.807) is 17.0 Å². The summed E-state index contributed by atoms with van der Waals surface area (Å²) in [5.74, 6) is -0.910. The van der Waals surface area contributed by atoms with Crippen molar-refractivity contribution in [2.75, 3.05) is 25.5 Å². The fourth-order valence-electron chi connectivity index (χ4n) is 9.50. The van der Waals surface area contributed by atoms with E-state index < -0.39 is 53.7 Å². The fraction of sp³-hybridized carbons (Fsp3) is 0.688. The van der Waals surface area contributed by atoms with Crippen LogP contribution in [0.5, 0.6) is 5.75 Å². The van der Waals surface area contributed by atoms with Crippen LogP contribution in [0.3, 0.4) is 0 Å². The number of alkyl halides is 1. The molecule has 9 unspecified atom stereocenters. The number of carbonyl (C=O) groups is 4. The molecule has 1 aromatic rings. The smallest absolute Gasteiger partial charge is 0.407 e. The Kier molecular flexibility index (Phi) is 6.52. The molecule has 4 aliphatic carbocycles. The quantitative estimate of drug-likeness (QED) is 0.491. The molecule has 4 heterocycles. The number of hydrogen-bond donors (Lipinski definition) is 2. The average Bonchev–Trinajstić information content (AvgIpc) is 3.91. The molecule has 4 saturated carbocycles. The third-order valence-corrected chi connectivity index (χ3v) is 11.7. The van der Waals surface area contributed by atoms with Crippen molar-refractivity contribution in [1.29, 1.82) is 5.26 Å². The van der Waals surface area contributed by atoms with Crippen molar-refractivity contribution in [3.05, 3.63) is 18.3 Å². The van der Waals surface area contributed by atoms with Crippen molar-refractivity contribution in [2.45, 2.75) is 74.8 Å². The zero-order valence-electron chi connectivity index (χ0n) is 25.1. The summed E-state index contributed by atoms with van der Waals surface area (Å²) in [6.45, 7) is 0.103.